The monoisotopic (exact) mass is 149 g/mol. The Balaban J connectivity index is 2.68. The average molecular weight is 149 g/mol. The molecule has 0 aliphatic heterocycles. The van der Waals surface area contributed by atoms with E-state index in [1.807, 2.05) is 0 Å². The third-order valence-corrected chi connectivity index (χ3v) is 1.84. The first kappa shape index (κ1) is 7.90. The van der Waals surface area contributed by atoms with Gasteiger partial charge in [0.2, 0.25) is 0 Å². The zero-order chi connectivity index (χ0) is 7.89. The lowest BCUT2D eigenvalue weighted by atomic mass is 10.2. The predicted molar refractivity (Wildman–Crippen MR) is 32.0 cm³/mol. The van der Waals surface area contributed by atoms with Crippen molar-refractivity contribution >= 4 is 0 Å². The Labute approximate surface area is 57.7 Å². The second kappa shape index (κ2) is 2.44. The van der Waals surface area contributed by atoms with Crippen molar-refractivity contribution in [3.8, 4) is 0 Å². The lowest BCUT2D eigenvalue weighted by Crippen LogP contribution is -2.40. The van der Waals surface area contributed by atoms with E-state index in [1.54, 1.807) is 0 Å². The molecule has 0 radical (unpaired) electrons. The average Bonchev–Trinajstić information content (AvgIpc) is 2.07. The molecule has 1 aliphatic carbocycles. The number of aliphatic hydroxyl groups excluding tert-OH is 4. The van der Waals surface area contributed by atoms with Crippen molar-refractivity contribution in [2.24, 2.45) is 5.73 Å². The molecule has 60 valence electrons. The van der Waals surface area contributed by atoms with E-state index in [4.69, 9.17) is 26.2 Å². The summed E-state index contributed by atoms with van der Waals surface area (Å²) in [6.07, 6.45) is -5.12. The van der Waals surface area contributed by atoms with Crippen molar-refractivity contribution in [1.29, 1.82) is 0 Å². The largest absolute Gasteiger partial charge is 0.389 e. The second-order valence-electron chi connectivity index (χ2n) is 2.54. The molecule has 0 heterocycles. The lowest BCUT2D eigenvalue weighted by Gasteiger charge is -2.11. The van der Waals surface area contributed by atoms with Gasteiger partial charge in [0.05, 0.1) is 6.04 Å². The number of hydrogen-bond donors (Lipinski definition) is 5. The molecule has 6 N–H and O–H groups in total. The van der Waals surface area contributed by atoms with Gasteiger partial charge in [-0.15, -0.1) is 0 Å². The Hall–Kier alpha value is -0.200. The first-order chi connectivity index (χ1) is 4.55. The summed E-state index contributed by atoms with van der Waals surface area (Å²) in [4.78, 5) is 0. The van der Waals surface area contributed by atoms with Gasteiger partial charge in [0, 0.05) is 0 Å². The number of nitrogens with two attached hydrogens (primary N) is 1. The first-order valence-corrected chi connectivity index (χ1v) is 3.03. The summed E-state index contributed by atoms with van der Waals surface area (Å²) in [5.74, 6) is 0. The van der Waals surface area contributed by atoms with Crippen molar-refractivity contribution in [3.05, 3.63) is 0 Å². The van der Waals surface area contributed by atoms with Crippen LogP contribution in [-0.2, 0) is 0 Å². The van der Waals surface area contributed by atoms with Crippen LogP contribution in [0.25, 0.3) is 0 Å². The van der Waals surface area contributed by atoms with Crippen molar-refractivity contribution in [2.45, 2.75) is 30.5 Å². The highest BCUT2D eigenvalue weighted by Crippen LogP contribution is 2.19. The normalized spacial score (nSPS) is 55.5. The Kier molecular flexibility index (Phi) is 1.93. The smallest absolute Gasteiger partial charge is 0.110 e. The standard InChI is InChI=1S/C5H11NO4/c6-1-2(7)4(9)5(10)3(1)8/h1-5,7-10H,6H2/t1?,2-,3+,4-,5+. The van der Waals surface area contributed by atoms with Gasteiger partial charge in [-0.05, 0) is 0 Å². The third-order valence-electron chi connectivity index (χ3n) is 1.84. The molecule has 0 aromatic carbocycles. The highest BCUT2D eigenvalue weighted by atomic mass is 16.4. The molecule has 0 amide bonds. The molecule has 1 saturated carbocycles. The van der Waals surface area contributed by atoms with E-state index in [-0.39, 0.29) is 0 Å². The molecule has 0 bridgehead atoms. The summed E-state index contributed by atoms with van der Waals surface area (Å²) in [5, 5.41) is 35.6. The molecular formula is C5H11NO4. The van der Waals surface area contributed by atoms with E-state index >= 15 is 0 Å². The van der Waals surface area contributed by atoms with E-state index in [9.17, 15) is 0 Å². The maximum absolute atomic E-state index is 8.91. The molecule has 5 nitrogen and oxygen atoms in total. The Bertz CT molecular complexity index is 86.0. The molecule has 1 aliphatic rings. The quantitative estimate of drug-likeness (QED) is 0.249. The van der Waals surface area contributed by atoms with Crippen LogP contribution in [0.2, 0.25) is 0 Å². The topological polar surface area (TPSA) is 107 Å². The minimum Gasteiger partial charge on any atom is -0.389 e. The van der Waals surface area contributed by atoms with Crippen LogP contribution in [-0.4, -0.2) is 50.9 Å². The fourth-order valence-corrected chi connectivity index (χ4v) is 1.06. The summed E-state index contributed by atoms with van der Waals surface area (Å²) < 4.78 is 0. The van der Waals surface area contributed by atoms with E-state index in [0.717, 1.165) is 0 Å². The van der Waals surface area contributed by atoms with Crippen LogP contribution in [0.1, 0.15) is 0 Å². The van der Waals surface area contributed by atoms with Crippen molar-refractivity contribution in [3.63, 3.8) is 0 Å². The molecule has 0 aromatic heterocycles. The highest BCUT2D eigenvalue weighted by Gasteiger charge is 2.46. The molecular weight excluding hydrogens is 138 g/mol. The summed E-state index contributed by atoms with van der Waals surface area (Å²) in [5.41, 5.74) is 5.18. The lowest BCUT2D eigenvalue weighted by molar-refractivity contribution is -0.0413. The SMILES string of the molecule is NC1[C@@H](O)[C@@H](O)[C@@H](O)[C@H]1O. The minimum atomic E-state index is -1.33. The second-order valence-corrected chi connectivity index (χ2v) is 2.54. The Morgan fingerprint density at radius 3 is 1.10 bits per heavy atom. The maximum atomic E-state index is 8.91. The molecule has 5 heteroatoms. The third kappa shape index (κ3) is 0.920. The number of aliphatic hydroxyl groups is 4. The summed E-state index contributed by atoms with van der Waals surface area (Å²) in [6, 6.07) is -0.954. The first-order valence-electron chi connectivity index (χ1n) is 3.03. The van der Waals surface area contributed by atoms with Gasteiger partial charge in [-0.2, -0.15) is 0 Å². The molecule has 1 unspecified atom stereocenters. The predicted octanol–water partition coefficient (Wildman–Crippen LogP) is -3.23. The van der Waals surface area contributed by atoms with Crippen molar-refractivity contribution < 1.29 is 20.4 Å². The van der Waals surface area contributed by atoms with Crippen LogP contribution >= 0.6 is 0 Å². The fraction of sp³-hybridized carbons (Fsp3) is 1.00. The van der Waals surface area contributed by atoms with Crippen LogP contribution in [0.3, 0.4) is 0 Å². The molecule has 10 heavy (non-hydrogen) atoms. The zero-order valence-corrected chi connectivity index (χ0v) is 5.25. The Morgan fingerprint density at radius 2 is 1.00 bits per heavy atom. The fourth-order valence-electron chi connectivity index (χ4n) is 1.06. The summed E-state index contributed by atoms with van der Waals surface area (Å²) in [6.45, 7) is 0. The van der Waals surface area contributed by atoms with E-state index in [1.165, 1.54) is 0 Å². The van der Waals surface area contributed by atoms with Crippen LogP contribution in [0, 0.1) is 0 Å². The van der Waals surface area contributed by atoms with Crippen LogP contribution < -0.4 is 5.73 Å². The van der Waals surface area contributed by atoms with Crippen LogP contribution in [0.15, 0.2) is 0 Å². The number of rotatable bonds is 0. The maximum Gasteiger partial charge on any atom is 0.110 e. The molecule has 5 atom stereocenters. The van der Waals surface area contributed by atoms with Gasteiger partial charge in [0.25, 0.3) is 0 Å². The summed E-state index contributed by atoms with van der Waals surface area (Å²) in [7, 11) is 0. The molecule has 0 spiro atoms. The Morgan fingerprint density at radius 1 is 0.700 bits per heavy atom. The molecule has 0 aromatic rings. The van der Waals surface area contributed by atoms with Gasteiger partial charge >= 0.3 is 0 Å². The molecule has 1 fully saturated rings. The minimum absolute atomic E-state index is 0.954. The molecule has 1 rings (SSSR count). The van der Waals surface area contributed by atoms with E-state index in [0.29, 0.717) is 0 Å². The number of hydrogen-bond acceptors (Lipinski definition) is 5. The van der Waals surface area contributed by atoms with E-state index in [2.05, 4.69) is 0 Å². The van der Waals surface area contributed by atoms with Gasteiger partial charge in [-0.1, -0.05) is 0 Å². The van der Waals surface area contributed by atoms with Crippen LogP contribution in [0.5, 0.6) is 0 Å². The van der Waals surface area contributed by atoms with Gasteiger partial charge in [-0.3, -0.25) is 0 Å². The van der Waals surface area contributed by atoms with Gasteiger partial charge < -0.3 is 26.2 Å². The van der Waals surface area contributed by atoms with E-state index < -0.39 is 30.5 Å². The van der Waals surface area contributed by atoms with Crippen molar-refractivity contribution in [2.75, 3.05) is 0 Å². The summed E-state index contributed by atoms with van der Waals surface area (Å²) >= 11 is 0. The van der Waals surface area contributed by atoms with Gasteiger partial charge in [-0.25, -0.2) is 0 Å². The van der Waals surface area contributed by atoms with Gasteiger partial charge in [0.15, 0.2) is 0 Å². The van der Waals surface area contributed by atoms with Gasteiger partial charge in [0.1, 0.15) is 24.4 Å². The highest BCUT2D eigenvalue weighted by molar-refractivity contribution is 5.00. The zero-order valence-electron chi connectivity index (χ0n) is 5.25. The molecule has 0 saturated heterocycles. The van der Waals surface area contributed by atoms with Crippen molar-refractivity contribution in [1.82, 2.24) is 0 Å². The van der Waals surface area contributed by atoms with Crippen LogP contribution in [0.4, 0.5) is 0 Å².